The number of imidazole rings is 1. The first-order valence-corrected chi connectivity index (χ1v) is 9.15. The number of rotatable bonds is 7. The monoisotopic (exact) mass is 415 g/mol. The summed E-state index contributed by atoms with van der Waals surface area (Å²) in [5.74, 6) is 2.36. The van der Waals surface area contributed by atoms with E-state index in [1.54, 1.807) is 14.2 Å². The second-order valence-corrected chi connectivity index (χ2v) is 6.81. The fraction of sp³-hybridized carbons (Fsp3) is 0.250. The quantitative estimate of drug-likeness (QED) is 0.586. The number of methoxy groups -OCH3 is 2. The lowest BCUT2D eigenvalue weighted by Crippen LogP contribution is -2.19. The summed E-state index contributed by atoms with van der Waals surface area (Å²) in [7, 11) is 3.28. The molecule has 0 fully saturated rings. The summed E-state index contributed by atoms with van der Waals surface area (Å²) in [5.41, 5.74) is 3.21. The maximum absolute atomic E-state index is 5.36. The summed E-state index contributed by atoms with van der Waals surface area (Å²) in [6.07, 6.45) is 1.87. The highest BCUT2D eigenvalue weighted by molar-refractivity contribution is 9.10. The van der Waals surface area contributed by atoms with E-state index in [1.165, 1.54) is 0 Å². The third-order valence-corrected chi connectivity index (χ3v) is 4.92. The van der Waals surface area contributed by atoms with Gasteiger partial charge in [-0.05, 0) is 30.7 Å². The molecule has 0 aliphatic heterocycles. The normalized spacial score (nSPS) is 12.0. The summed E-state index contributed by atoms with van der Waals surface area (Å²) >= 11 is 3.58. The number of ether oxygens (including phenoxy) is 2. The molecule has 2 N–H and O–H groups in total. The highest BCUT2D eigenvalue weighted by atomic mass is 79.9. The van der Waals surface area contributed by atoms with E-state index < -0.39 is 0 Å². The Morgan fingerprint density at radius 2 is 1.88 bits per heavy atom. The summed E-state index contributed by atoms with van der Waals surface area (Å²) < 4.78 is 11.7. The molecule has 0 aliphatic rings. The maximum Gasteiger partial charge on any atom is 0.161 e. The molecule has 3 aromatic rings. The van der Waals surface area contributed by atoms with E-state index in [1.807, 2.05) is 42.6 Å². The molecule has 6 heteroatoms. The van der Waals surface area contributed by atoms with Crippen molar-refractivity contribution in [3.8, 4) is 22.8 Å². The van der Waals surface area contributed by atoms with Crippen molar-refractivity contribution in [1.82, 2.24) is 15.3 Å². The SMILES string of the molecule is COc1ccc(CNC(C)c2ncc(-c3ccccc3Br)[nH]2)cc1OC. The van der Waals surface area contributed by atoms with E-state index in [4.69, 9.17) is 9.47 Å². The molecular formula is C20H22BrN3O2. The number of benzene rings is 2. The van der Waals surface area contributed by atoms with Gasteiger partial charge in [-0.1, -0.05) is 40.2 Å². The molecule has 1 heterocycles. The van der Waals surface area contributed by atoms with Crippen LogP contribution in [0.15, 0.2) is 53.1 Å². The van der Waals surface area contributed by atoms with Crippen LogP contribution in [-0.4, -0.2) is 24.2 Å². The van der Waals surface area contributed by atoms with E-state index in [-0.39, 0.29) is 6.04 Å². The summed E-state index contributed by atoms with van der Waals surface area (Å²) in [6, 6.07) is 14.1. The van der Waals surface area contributed by atoms with Gasteiger partial charge in [0.2, 0.25) is 0 Å². The first kappa shape index (κ1) is 18.5. The molecule has 3 rings (SSSR count). The van der Waals surface area contributed by atoms with Crippen molar-refractivity contribution in [1.29, 1.82) is 0 Å². The Morgan fingerprint density at radius 1 is 1.12 bits per heavy atom. The fourth-order valence-corrected chi connectivity index (χ4v) is 3.23. The van der Waals surface area contributed by atoms with Gasteiger partial charge in [-0.25, -0.2) is 4.98 Å². The number of nitrogens with zero attached hydrogens (tertiary/aromatic N) is 1. The van der Waals surface area contributed by atoms with Crippen molar-refractivity contribution in [3.63, 3.8) is 0 Å². The summed E-state index contributed by atoms with van der Waals surface area (Å²) in [4.78, 5) is 7.92. The van der Waals surface area contributed by atoms with Gasteiger partial charge in [0.25, 0.3) is 0 Å². The molecule has 26 heavy (non-hydrogen) atoms. The molecule has 136 valence electrons. The zero-order valence-electron chi connectivity index (χ0n) is 15.0. The Kier molecular flexibility index (Phi) is 5.96. The van der Waals surface area contributed by atoms with Crippen LogP contribution in [0.25, 0.3) is 11.3 Å². The minimum Gasteiger partial charge on any atom is -0.493 e. The largest absolute Gasteiger partial charge is 0.493 e. The molecular weight excluding hydrogens is 394 g/mol. The van der Waals surface area contributed by atoms with Crippen LogP contribution in [0, 0.1) is 0 Å². The fourth-order valence-electron chi connectivity index (χ4n) is 2.73. The molecule has 1 unspecified atom stereocenters. The van der Waals surface area contributed by atoms with Crippen molar-refractivity contribution < 1.29 is 9.47 Å². The van der Waals surface area contributed by atoms with Crippen LogP contribution in [0.2, 0.25) is 0 Å². The Bertz CT molecular complexity index is 879. The van der Waals surface area contributed by atoms with E-state index in [2.05, 4.69) is 44.2 Å². The summed E-state index contributed by atoms with van der Waals surface area (Å²) in [6.45, 7) is 2.79. The van der Waals surface area contributed by atoms with Gasteiger partial charge < -0.3 is 19.8 Å². The van der Waals surface area contributed by atoms with E-state index in [0.29, 0.717) is 6.54 Å². The highest BCUT2D eigenvalue weighted by Gasteiger charge is 2.12. The zero-order valence-corrected chi connectivity index (χ0v) is 16.6. The lowest BCUT2D eigenvalue weighted by Gasteiger charge is -2.13. The van der Waals surface area contributed by atoms with Crippen molar-refractivity contribution in [3.05, 3.63) is 64.5 Å². The Balaban J connectivity index is 1.68. The minimum absolute atomic E-state index is 0.0827. The third kappa shape index (κ3) is 4.08. The lowest BCUT2D eigenvalue weighted by atomic mass is 10.2. The molecule has 0 saturated heterocycles. The van der Waals surface area contributed by atoms with E-state index >= 15 is 0 Å². The van der Waals surface area contributed by atoms with E-state index in [9.17, 15) is 0 Å². The van der Waals surface area contributed by atoms with Crippen molar-refractivity contribution in [2.45, 2.75) is 19.5 Å². The third-order valence-electron chi connectivity index (χ3n) is 4.23. The molecule has 0 amide bonds. The second-order valence-electron chi connectivity index (χ2n) is 5.95. The number of aromatic amines is 1. The molecule has 1 aromatic heterocycles. The molecule has 0 bridgehead atoms. The van der Waals surface area contributed by atoms with Crippen LogP contribution in [0.3, 0.4) is 0 Å². The average molecular weight is 416 g/mol. The van der Waals surface area contributed by atoms with Gasteiger partial charge in [0.1, 0.15) is 5.82 Å². The number of nitrogens with one attached hydrogen (secondary N) is 2. The molecule has 2 aromatic carbocycles. The first-order chi connectivity index (χ1) is 12.6. The number of hydrogen-bond donors (Lipinski definition) is 2. The molecule has 1 atom stereocenters. The van der Waals surface area contributed by atoms with Gasteiger partial charge in [-0.2, -0.15) is 0 Å². The van der Waals surface area contributed by atoms with Gasteiger partial charge in [-0.3, -0.25) is 0 Å². The number of H-pyrrole nitrogens is 1. The van der Waals surface area contributed by atoms with Crippen molar-refractivity contribution in [2.24, 2.45) is 0 Å². The average Bonchev–Trinajstić information content (AvgIpc) is 3.16. The van der Waals surface area contributed by atoms with Crippen LogP contribution < -0.4 is 14.8 Å². The summed E-state index contributed by atoms with van der Waals surface area (Å²) in [5, 5.41) is 3.48. The maximum atomic E-state index is 5.36. The smallest absolute Gasteiger partial charge is 0.161 e. The van der Waals surface area contributed by atoms with Crippen molar-refractivity contribution in [2.75, 3.05) is 14.2 Å². The van der Waals surface area contributed by atoms with Crippen LogP contribution in [0.4, 0.5) is 0 Å². The van der Waals surface area contributed by atoms with Crippen LogP contribution >= 0.6 is 15.9 Å². The van der Waals surface area contributed by atoms with Gasteiger partial charge in [0.15, 0.2) is 11.5 Å². The zero-order chi connectivity index (χ0) is 18.5. The predicted molar refractivity (Wildman–Crippen MR) is 107 cm³/mol. The Morgan fingerprint density at radius 3 is 2.62 bits per heavy atom. The van der Waals surface area contributed by atoms with Gasteiger partial charge in [0, 0.05) is 16.6 Å². The molecule has 0 saturated carbocycles. The van der Waals surface area contributed by atoms with Gasteiger partial charge >= 0.3 is 0 Å². The van der Waals surface area contributed by atoms with Gasteiger partial charge in [0.05, 0.1) is 32.2 Å². The molecule has 0 radical (unpaired) electrons. The van der Waals surface area contributed by atoms with Crippen LogP contribution in [-0.2, 0) is 6.54 Å². The lowest BCUT2D eigenvalue weighted by molar-refractivity contribution is 0.354. The molecule has 0 spiro atoms. The Hall–Kier alpha value is -2.31. The predicted octanol–water partition coefficient (Wildman–Crippen LogP) is 4.71. The molecule has 5 nitrogen and oxygen atoms in total. The number of aromatic nitrogens is 2. The van der Waals surface area contributed by atoms with Gasteiger partial charge in [-0.15, -0.1) is 0 Å². The topological polar surface area (TPSA) is 59.2 Å². The highest BCUT2D eigenvalue weighted by Crippen LogP contribution is 2.29. The standard InChI is InChI=1S/C20H22BrN3O2/c1-13(22-11-14-8-9-18(25-2)19(10-14)26-3)20-23-12-17(24-20)15-6-4-5-7-16(15)21/h4-10,12-13,22H,11H2,1-3H3,(H,23,24). The van der Waals surface area contributed by atoms with E-state index in [0.717, 1.165) is 38.6 Å². The van der Waals surface area contributed by atoms with Crippen LogP contribution in [0.5, 0.6) is 11.5 Å². The second kappa shape index (κ2) is 8.38. The van der Waals surface area contributed by atoms with Crippen molar-refractivity contribution >= 4 is 15.9 Å². The first-order valence-electron chi connectivity index (χ1n) is 8.36. The van der Waals surface area contributed by atoms with Crippen LogP contribution in [0.1, 0.15) is 24.4 Å². The minimum atomic E-state index is 0.0827. The number of hydrogen-bond acceptors (Lipinski definition) is 4. The molecule has 0 aliphatic carbocycles. The Labute approximate surface area is 161 Å². The number of halogens is 1.